The number of carbonyl (C=O) groups excluding carboxylic acids is 1. The van der Waals surface area contributed by atoms with Crippen LogP contribution >= 0.6 is 0 Å². The second-order valence-corrected chi connectivity index (χ2v) is 3.50. The lowest BCUT2D eigenvalue weighted by Crippen LogP contribution is -2.19. The van der Waals surface area contributed by atoms with Gasteiger partial charge in [0.05, 0.1) is 11.9 Å². The van der Waals surface area contributed by atoms with Crippen LogP contribution in [0.15, 0.2) is 12.4 Å². The van der Waals surface area contributed by atoms with E-state index in [0.29, 0.717) is 0 Å². The van der Waals surface area contributed by atoms with Crippen LogP contribution in [0, 0.1) is 5.92 Å². The molecule has 1 unspecified atom stereocenters. The molecule has 0 saturated carbocycles. The van der Waals surface area contributed by atoms with Gasteiger partial charge >= 0.3 is 0 Å². The van der Waals surface area contributed by atoms with Crippen LogP contribution in [0.1, 0.15) is 6.42 Å². The van der Waals surface area contributed by atoms with Crippen LogP contribution in [0.4, 0.5) is 5.69 Å². The maximum Gasteiger partial charge on any atom is 0.124 e. The summed E-state index contributed by atoms with van der Waals surface area (Å²) in [5, 5.41) is 4.10. The minimum Gasteiger partial charge on any atom is -0.368 e. The van der Waals surface area contributed by atoms with Crippen molar-refractivity contribution < 1.29 is 4.79 Å². The van der Waals surface area contributed by atoms with E-state index in [4.69, 9.17) is 0 Å². The van der Waals surface area contributed by atoms with Gasteiger partial charge in [0, 0.05) is 32.3 Å². The molecule has 1 saturated heterocycles. The van der Waals surface area contributed by atoms with E-state index in [1.807, 2.05) is 19.4 Å². The quantitative estimate of drug-likeness (QED) is 0.618. The second kappa shape index (κ2) is 3.20. The van der Waals surface area contributed by atoms with Crippen LogP contribution < -0.4 is 4.90 Å². The number of aldehydes is 1. The standard InChI is InChI=1S/C9H13N3O/c1-11-6-9(4-10-11)12-3-2-8(5-12)7-13/h4,6-8H,2-3,5H2,1H3. The highest BCUT2D eigenvalue weighted by atomic mass is 16.1. The van der Waals surface area contributed by atoms with Gasteiger partial charge in [-0.2, -0.15) is 5.10 Å². The molecule has 4 heteroatoms. The summed E-state index contributed by atoms with van der Waals surface area (Å²) in [6.07, 6.45) is 5.84. The van der Waals surface area contributed by atoms with Gasteiger partial charge in [0.15, 0.2) is 0 Å². The molecule has 2 heterocycles. The Kier molecular flexibility index (Phi) is 2.04. The number of nitrogens with zero attached hydrogens (tertiary/aromatic N) is 3. The largest absolute Gasteiger partial charge is 0.368 e. The zero-order valence-corrected chi connectivity index (χ0v) is 7.68. The van der Waals surface area contributed by atoms with E-state index >= 15 is 0 Å². The molecule has 13 heavy (non-hydrogen) atoms. The third-order valence-electron chi connectivity index (χ3n) is 2.47. The molecular weight excluding hydrogens is 166 g/mol. The highest BCUT2D eigenvalue weighted by Crippen LogP contribution is 2.21. The summed E-state index contributed by atoms with van der Waals surface area (Å²) in [5.41, 5.74) is 1.12. The fourth-order valence-electron chi connectivity index (χ4n) is 1.70. The summed E-state index contributed by atoms with van der Waals surface area (Å²) in [5.74, 6) is 0.209. The predicted octanol–water partition coefficient (Wildman–Crippen LogP) is 0.445. The van der Waals surface area contributed by atoms with Crippen LogP contribution in [0.5, 0.6) is 0 Å². The molecule has 0 spiro atoms. The smallest absolute Gasteiger partial charge is 0.124 e. The molecule has 1 aromatic heterocycles. The van der Waals surface area contributed by atoms with Crippen molar-refractivity contribution in [3.8, 4) is 0 Å². The molecule has 4 nitrogen and oxygen atoms in total. The second-order valence-electron chi connectivity index (χ2n) is 3.50. The van der Waals surface area contributed by atoms with E-state index < -0.39 is 0 Å². The Morgan fingerprint density at radius 2 is 2.54 bits per heavy atom. The zero-order valence-electron chi connectivity index (χ0n) is 7.68. The Balaban J connectivity index is 2.07. The average Bonchev–Trinajstić information content (AvgIpc) is 2.71. The molecule has 1 atom stereocenters. The number of anilines is 1. The van der Waals surface area contributed by atoms with E-state index in [0.717, 1.165) is 31.5 Å². The lowest BCUT2D eigenvalue weighted by molar-refractivity contribution is -0.110. The Labute approximate surface area is 77.1 Å². The van der Waals surface area contributed by atoms with E-state index in [2.05, 4.69) is 10.00 Å². The molecule has 1 aliphatic heterocycles. The zero-order chi connectivity index (χ0) is 9.26. The van der Waals surface area contributed by atoms with Crippen molar-refractivity contribution in [3.63, 3.8) is 0 Å². The number of carbonyl (C=O) groups is 1. The fourth-order valence-corrected chi connectivity index (χ4v) is 1.70. The fraction of sp³-hybridized carbons (Fsp3) is 0.556. The van der Waals surface area contributed by atoms with Crippen molar-refractivity contribution >= 4 is 12.0 Å². The maximum absolute atomic E-state index is 10.5. The lowest BCUT2D eigenvalue weighted by atomic mass is 10.1. The Hall–Kier alpha value is -1.32. The van der Waals surface area contributed by atoms with Crippen molar-refractivity contribution in [2.75, 3.05) is 18.0 Å². The van der Waals surface area contributed by atoms with Crippen molar-refractivity contribution in [1.29, 1.82) is 0 Å². The van der Waals surface area contributed by atoms with E-state index in [1.165, 1.54) is 0 Å². The summed E-state index contributed by atoms with van der Waals surface area (Å²) in [4.78, 5) is 12.7. The summed E-state index contributed by atoms with van der Waals surface area (Å²) in [6, 6.07) is 0. The van der Waals surface area contributed by atoms with Crippen LogP contribution in [0.2, 0.25) is 0 Å². The molecule has 0 radical (unpaired) electrons. The van der Waals surface area contributed by atoms with E-state index in [1.54, 1.807) is 4.68 Å². The normalized spacial score (nSPS) is 22.2. The van der Waals surface area contributed by atoms with Gasteiger partial charge < -0.3 is 9.69 Å². The van der Waals surface area contributed by atoms with E-state index in [9.17, 15) is 4.79 Å². The van der Waals surface area contributed by atoms with Crippen LogP contribution in [0.25, 0.3) is 0 Å². The molecule has 1 fully saturated rings. The van der Waals surface area contributed by atoms with Gasteiger partial charge in [0.25, 0.3) is 0 Å². The molecular formula is C9H13N3O. The first-order valence-corrected chi connectivity index (χ1v) is 4.48. The number of rotatable bonds is 2. The maximum atomic E-state index is 10.5. The summed E-state index contributed by atoms with van der Waals surface area (Å²) in [6.45, 7) is 1.81. The van der Waals surface area contributed by atoms with Crippen molar-refractivity contribution in [2.45, 2.75) is 6.42 Å². The summed E-state index contributed by atoms with van der Waals surface area (Å²) >= 11 is 0. The SMILES string of the molecule is Cn1cc(N2CCC(C=O)C2)cn1. The van der Waals surface area contributed by atoms with Crippen LogP contribution in [-0.2, 0) is 11.8 Å². The highest BCUT2D eigenvalue weighted by molar-refractivity contribution is 5.58. The molecule has 2 rings (SSSR count). The van der Waals surface area contributed by atoms with E-state index in [-0.39, 0.29) is 5.92 Å². The van der Waals surface area contributed by atoms with Gasteiger partial charge in [-0.25, -0.2) is 0 Å². The number of hydrogen-bond donors (Lipinski definition) is 0. The Morgan fingerprint density at radius 3 is 3.08 bits per heavy atom. The third kappa shape index (κ3) is 1.56. The summed E-state index contributed by atoms with van der Waals surface area (Å²) in [7, 11) is 1.90. The van der Waals surface area contributed by atoms with Crippen molar-refractivity contribution in [2.24, 2.45) is 13.0 Å². The topological polar surface area (TPSA) is 38.1 Å². The lowest BCUT2D eigenvalue weighted by Gasteiger charge is -2.14. The van der Waals surface area contributed by atoms with Gasteiger partial charge in [-0.05, 0) is 6.42 Å². The van der Waals surface area contributed by atoms with Crippen LogP contribution in [0.3, 0.4) is 0 Å². The molecule has 70 valence electrons. The van der Waals surface area contributed by atoms with Crippen molar-refractivity contribution in [1.82, 2.24) is 9.78 Å². The molecule has 0 bridgehead atoms. The average molecular weight is 179 g/mol. The number of aromatic nitrogens is 2. The Morgan fingerprint density at radius 1 is 1.69 bits per heavy atom. The molecule has 1 aliphatic rings. The molecule has 0 aromatic carbocycles. The molecule has 0 amide bonds. The van der Waals surface area contributed by atoms with Gasteiger partial charge in [-0.15, -0.1) is 0 Å². The number of hydrogen-bond acceptors (Lipinski definition) is 3. The first-order valence-electron chi connectivity index (χ1n) is 4.48. The first kappa shape index (κ1) is 8.29. The monoisotopic (exact) mass is 179 g/mol. The van der Waals surface area contributed by atoms with Gasteiger partial charge in [-0.1, -0.05) is 0 Å². The third-order valence-corrected chi connectivity index (χ3v) is 2.47. The van der Waals surface area contributed by atoms with Crippen LogP contribution in [-0.4, -0.2) is 29.2 Å². The number of aryl methyl sites for hydroxylation is 1. The predicted molar refractivity (Wildman–Crippen MR) is 49.6 cm³/mol. The minimum atomic E-state index is 0.209. The first-order chi connectivity index (χ1) is 6.29. The minimum absolute atomic E-state index is 0.209. The van der Waals surface area contributed by atoms with Gasteiger partial charge in [-0.3, -0.25) is 4.68 Å². The van der Waals surface area contributed by atoms with Crippen molar-refractivity contribution in [3.05, 3.63) is 12.4 Å². The summed E-state index contributed by atoms with van der Waals surface area (Å²) < 4.78 is 1.78. The van der Waals surface area contributed by atoms with Gasteiger partial charge in [0.1, 0.15) is 6.29 Å². The molecule has 0 N–H and O–H groups in total. The Bertz CT molecular complexity index is 308. The molecule has 0 aliphatic carbocycles. The van der Waals surface area contributed by atoms with Gasteiger partial charge in [0.2, 0.25) is 0 Å². The highest BCUT2D eigenvalue weighted by Gasteiger charge is 2.22. The molecule has 1 aromatic rings.